The van der Waals surface area contributed by atoms with Gasteiger partial charge in [0.15, 0.2) is 0 Å². The van der Waals surface area contributed by atoms with E-state index in [1.807, 2.05) is 31.2 Å². The summed E-state index contributed by atoms with van der Waals surface area (Å²) in [5, 5.41) is 0. The lowest BCUT2D eigenvalue weighted by Crippen LogP contribution is -2.29. The Labute approximate surface area is 230 Å². The van der Waals surface area contributed by atoms with E-state index in [2.05, 4.69) is 15.9 Å². The fourth-order valence-corrected chi connectivity index (χ4v) is 4.21. The molecule has 8 nitrogen and oxygen atoms in total. The van der Waals surface area contributed by atoms with Crippen LogP contribution in [0.5, 0.6) is 5.75 Å². The van der Waals surface area contributed by atoms with E-state index in [9.17, 15) is 14.4 Å². The molecule has 1 aliphatic heterocycles. The predicted octanol–water partition coefficient (Wildman–Crippen LogP) is 5.71. The summed E-state index contributed by atoms with van der Waals surface area (Å²) in [6.45, 7) is 7.63. The summed E-state index contributed by atoms with van der Waals surface area (Å²) < 4.78 is 22.2. The number of halogens is 1. The van der Waals surface area contributed by atoms with Gasteiger partial charge in [-0.15, -0.1) is 0 Å². The SMILES string of the molecule is CCOC(=O)/C=C/Oc1ccc(Br)cc1C1C(C(=O)OCC)=CN(c2ccc(C)cc2)C=C1C(=O)OCC. The lowest BCUT2D eigenvalue weighted by molar-refractivity contribution is -0.140. The molecule has 0 unspecified atom stereocenters. The molecule has 0 N–H and O–H groups in total. The number of ether oxygens (including phenoxy) is 4. The van der Waals surface area contributed by atoms with Crippen molar-refractivity contribution in [1.82, 2.24) is 0 Å². The van der Waals surface area contributed by atoms with E-state index in [4.69, 9.17) is 18.9 Å². The molecule has 0 spiro atoms. The summed E-state index contributed by atoms with van der Waals surface area (Å²) in [5.41, 5.74) is 2.75. The molecule has 0 saturated heterocycles. The number of carbonyl (C=O) groups excluding carboxylic acids is 3. The molecule has 0 aromatic heterocycles. The normalized spacial score (nSPS) is 13.6. The zero-order chi connectivity index (χ0) is 27.7. The Morgan fingerprint density at radius 2 is 1.45 bits per heavy atom. The Hall–Kier alpha value is -3.85. The number of esters is 3. The highest BCUT2D eigenvalue weighted by molar-refractivity contribution is 9.10. The summed E-state index contributed by atoms with van der Waals surface area (Å²) in [5.74, 6) is -2.28. The van der Waals surface area contributed by atoms with Crippen molar-refractivity contribution in [2.24, 2.45) is 0 Å². The summed E-state index contributed by atoms with van der Waals surface area (Å²) >= 11 is 3.48. The van der Waals surface area contributed by atoms with Gasteiger partial charge >= 0.3 is 17.9 Å². The van der Waals surface area contributed by atoms with Crippen molar-refractivity contribution in [3.05, 3.63) is 93.9 Å². The van der Waals surface area contributed by atoms with Crippen LogP contribution in [0.3, 0.4) is 0 Å². The van der Waals surface area contributed by atoms with Gasteiger partial charge in [0, 0.05) is 28.1 Å². The van der Waals surface area contributed by atoms with Crippen molar-refractivity contribution >= 4 is 39.5 Å². The third kappa shape index (κ3) is 7.13. The second kappa shape index (κ2) is 13.6. The standard InChI is InChI=1S/C29H30BrNO7/c1-5-35-26(32)14-15-38-25-13-10-20(30)16-22(25)27-23(28(33)36-6-2)17-31(18-24(27)29(34)37-7-3)21-11-8-19(4)9-12-21/h8-18,27H,5-7H2,1-4H3/b15-14+. The number of benzene rings is 2. The van der Waals surface area contributed by atoms with Crippen LogP contribution in [-0.4, -0.2) is 37.7 Å². The summed E-state index contributed by atoms with van der Waals surface area (Å²) in [6, 6.07) is 12.8. The zero-order valence-corrected chi connectivity index (χ0v) is 23.3. The molecule has 0 amide bonds. The van der Waals surface area contributed by atoms with Crippen molar-refractivity contribution < 1.29 is 33.3 Å². The van der Waals surface area contributed by atoms with Crippen LogP contribution in [0, 0.1) is 6.92 Å². The van der Waals surface area contributed by atoms with Crippen molar-refractivity contribution in [2.45, 2.75) is 33.6 Å². The molecule has 0 atom stereocenters. The molecule has 2 aromatic rings. The van der Waals surface area contributed by atoms with Crippen molar-refractivity contribution in [1.29, 1.82) is 0 Å². The minimum Gasteiger partial charge on any atom is -0.464 e. The maximum Gasteiger partial charge on any atom is 0.336 e. The van der Waals surface area contributed by atoms with Crippen LogP contribution < -0.4 is 9.64 Å². The first-order valence-electron chi connectivity index (χ1n) is 12.2. The van der Waals surface area contributed by atoms with Crippen molar-refractivity contribution in [3.63, 3.8) is 0 Å². The summed E-state index contributed by atoms with van der Waals surface area (Å²) in [6.07, 6.45) is 5.65. The Morgan fingerprint density at radius 3 is 2.00 bits per heavy atom. The van der Waals surface area contributed by atoms with Gasteiger partial charge in [-0.2, -0.15) is 0 Å². The van der Waals surface area contributed by atoms with Crippen LogP contribution in [0.4, 0.5) is 5.69 Å². The molecule has 0 saturated carbocycles. The van der Waals surface area contributed by atoms with E-state index in [0.717, 1.165) is 17.3 Å². The zero-order valence-electron chi connectivity index (χ0n) is 21.7. The topological polar surface area (TPSA) is 91.4 Å². The van der Waals surface area contributed by atoms with Gasteiger partial charge in [-0.05, 0) is 58.0 Å². The van der Waals surface area contributed by atoms with E-state index in [-0.39, 0.29) is 31.0 Å². The number of nitrogens with zero attached hydrogens (tertiary/aromatic N) is 1. The maximum absolute atomic E-state index is 13.3. The van der Waals surface area contributed by atoms with E-state index < -0.39 is 23.8 Å². The Balaban J connectivity index is 2.17. The number of rotatable bonds is 10. The van der Waals surface area contributed by atoms with E-state index >= 15 is 0 Å². The molecule has 0 radical (unpaired) electrons. The predicted molar refractivity (Wildman–Crippen MR) is 146 cm³/mol. The lowest BCUT2D eigenvalue weighted by atomic mass is 9.82. The molecule has 0 bridgehead atoms. The first kappa shape index (κ1) is 28.7. The Kier molecular flexibility index (Phi) is 10.3. The van der Waals surface area contributed by atoms with Crippen LogP contribution in [0.25, 0.3) is 0 Å². The van der Waals surface area contributed by atoms with E-state index in [1.165, 1.54) is 6.26 Å². The average molecular weight is 584 g/mol. The van der Waals surface area contributed by atoms with Crippen LogP contribution in [-0.2, 0) is 28.6 Å². The van der Waals surface area contributed by atoms with Gasteiger partial charge in [-0.3, -0.25) is 0 Å². The van der Waals surface area contributed by atoms with E-state index in [0.29, 0.717) is 15.8 Å². The van der Waals surface area contributed by atoms with Crippen molar-refractivity contribution in [3.8, 4) is 5.75 Å². The highest BCUT2D eigenvalue weighted by atomic mass is 79.9. The highest BCUT2D eigenvalue weighted by Gasteiger charge is 2.37. The minimum absolute atomic E-state index is 0.149. The smallest absolute Gasteiger partial charge is 0.336 e. The maximum atomic E-state index is 13.3. The molecule has 3 rings (SSSR count). The molecule has 1 heterocycles. The fraction of sp³-hybridized carbons (Fsp3) is 0.276. The molecular weight excluding hydrogens is 554 g/mol. The van der Waals surface area contributed by atoms with Crippen LogP contribution >= 0.6 is 15.9 Å². The number of aryl methyl sites for hydroxylation is 1. The number of carbonyl (C=O) groups is 3. The van der Waals surface area contributed by atoms with Crippen LogP contribution in [0.2, 0.25) is 0 Å². The molecule has 0 fully saturated rings. The third-order valence-electron chi connectivity index (χ3n) is 5.50. The molecule has 1 aliphatic rings. The quantitative estimate of drug-likeness (QED) is 0.152. The number of anilines is 1. The van der Waals surface area contributed by atoms with Crippen molar-refractivity contribution in [2.75, 3.05) is 24.7 Å². The van der Waals surface area contributed by atoms with Gasteiger partial charge in [0.05, 0.1) is 49.2 Å². The number of hydrogen-bond acceptors (Lipinski definition) is 8. The number of hydrogen-bond donors (Lipinski definition) is 0. The first-order valence-corrected chi connectivity index (χ1v) is 13.0. The monoisotopic (exact) mass is 583 g/mol. The van der Waals surface area contributed by atoms with Gasteiger partial charge < -0.3 is 23.8 Å². The molecular formula is C29H30BrNO7. The van der Waals surface area contributed by atoms with Gasteiger partial charge in [0.1, 0.15) is 5.75 Å². The lowest BCUT2D eigenvalue weighted by Gasteiger charge is -2.31. The van der Waals surface area contributed by atoms with Gasteiger partial charge in [-0.25, -0.2) is 14.4 Å². The summed E-state index contributed by atoms with van der Waals surface area (Å²) in [7, 11) is 0. The minimum atomic E-state index is -0.877. The largest absolute Gasteiger partial charge is 0.464 e. The molecule has 38 heavy (non-hydrogen) atoms. The fourth-order valence-electron chi connectivity index (χ4n) is 3.83. The molecule has 2 aromatic carbocycles. The second-order valence-electron chi connectivity index (χ2n) is 8.14. The third-order valence-corrected chi connectivity index (χ3v) is 5.99. The second-order valence-corrected chi connectivity index (χ2v) is 9.06. The first-order chi connectivity index (χ1) is 18.3. The van der Waals surface area contributed by atoms with Gasteiger partial charge in [0.2, 0.25) is 0 Å². The van der Waals surface area contributed by atoms with Crippen LogP contribution in [0.15, 0.2) is 82.8 Å². The average Bonchev–Trinajstić information content (AvgIpc) is 2.89. The molecule has 0 aliphatic carbocycles. The summed E-state index contributed by atoms with van der Waals surface area (Å²) in [4.78, 5) is 40.0. The Morgan fingerprint density at radius 1 is 0.868 bits per heavy atom. The van der Waals surface area contributed by atoms with Crippen LogP contribution in [0.1, 0.15) is 37.8 Å². The highest BCUT2D eigenvalue weighted by Crippen LogP contribution is 2.43. The molecule has 9 heteroatoms. The van der Waals surface area contributed by atoms with Gasteiger partial charge in [-0.1, -0.05) is 33.6 Å². The van der Waals surface area contributed by atoms with E-state index in [1.54, 1.807) is 56.3 Å². The molecule has 200 valence electrons. The Bertz CT molecular complexity index is 1230. The van der Waals surface area contributed by atoms with Gasteiger partial charge in [0.25, 0.3) is 0 Å².